The third kappa shape index (κ3) is 3.82. The average Bonchev–Trinajstić information content (AvgIpc) is 2.80. The second kappa shape index (κ2) is 8.70. The molecular weight excluding hydrogens is 366 g/mol. The van der Waals surface area contributed by atoms with E-state index < -0.39 is 11.5 Å². The minimum Gasteiger partial charge on any atom is -0.481 e. The lowest BCUT2D eigenvalue weighted by atomic mass is 9.58. The van der Waals surface area contributed by atoms with Gasteiger partial charge >= 0.3 is 5.97 Å². The molecule has 3 aliphatic heterocycles. The Hall–Kier alpha value is -1.50. The number of allylic oxidation sites excluding steroid dienone is 2. The number of piperidine rings is 3. The molecule has 0 aromatic carbocycles. The van der Waals surface area contributed by atoms with Gasteiger partial charge in [0, 0.05) is 18.5 Å². The topological polar surface area (TPSA) is 81.7 Å². The molecule has 0 bridgehead atoms. The molecule has 1 unspecified atom stereocenters. The predicted molar refractivity (Wildman–Crippen MR) is 113 cm³/mol. The molecule has 1 aliphatic carbocycles. The Morgan fingerprint density at radius 2 is 1.59 bits per heavy atom. The molecule has 3 fully saturated rings. The molecule has 6 nitrogen and oxygen atoms in total. The molecule has 0 aromatic rings. The molecule has 0 saturated carbocycles. The molecule has 160 valence electrons. The van der Waals surface area contributed by atoms with Crippen LogP contribution < -0.4 is 10.6 Å². The highest BCUT2D eigenvalue weighted by Gasteiger charge is 2.55. The number of carbonyl (C=O) groups excluding carboxylic acids is 1. The lowest BCUT2D eigenvalue weighted by Gasteiger charge is -2.52. The first-order valence-corrected chi connectivity index (χ1v) is 11.4. The van der Waals surface area contributed by atoms with Gasteiger partial charge in [-0.2, -0.15) is 0 Å². The van der Waals surface area contributed by atoms with Crippen molar-refractivity contribution in [1.82, 2.24) is 15.5 Å². The minimum atomic E-state index is -0.700. The largest absolute Gasteiger partial charge is 0.481 e. The van der Waals surface area contributed by atoms with Crippen LogP contribution in [0.4, 0.5) is 0 Å². The molecule has 4 rings (SSSR count). The van der Waals surface area contributed by atoms with Crippen LogP contribution in [0.2, 0.25) is 0 Å². The summed E-state index contributed by atoms with van der Waals surface area (Å²) in [6.45, 7) is 5.18. The summed E-state index contributed by atoms with van der Waals surface area (Å²) in [5.74, 6) is -0.147. The lowest BCUT2D eigenvalue weighted by Crippen LogP contribution is -2.63. The fourth-order valence-electron chi connectivity index (χ4n) is 6.18. The zero-order valence-electron chi connectivity index (χ0n) is 17.4. The summed E-state index contributed by atoms with van der Waals surface area (Å²) in [7, 11) is 0. The maximum absolute atomic E-state index is 14.5. The molecule has 29 heavy (non-hydrogen) atoms. The Bertz CT molecular complexity index is 669. The maximum atomic E-state index is 14.5. The van der Waals surface area contributed by atoms with E-state index in [9.17, 15) is 14.7 Å². The zero-order chi connectivity index (χ0) is 20.3. The quantitative estimate of drug-likeness (QED) is 0.654. The van der Waals surface area contributed by atoms with Gasteiger partial charge in [0.15, 0.2) is 5.78 Å². The number of Topliss-reactive ketones (excluding diaryl/α,β-unsaturated/α-hetero) is 1. The van der Waals surface area contributed by atoms with Gasteiger partial charge in [0.25, 0.3) is 0 Å². The number of carboxylic acids is 1. The molecule has 0 amide bonds. The predicted octanol–water partition coefficient (Wildman–Crippen LogP) is 1.98. The third-order valence-corrected chi connectivity index (χ3v) is 7.92. The average molecular weight is 402 g/mol. The Balaban J connectivity index is 1.64. The minimum absolute atomic E-state index is 0.271. The summed E-state index contributed by atoms with van der Waals surface area (Å²) in [6, 6.07) is 0. The van der Waals surface area contributed by atoms with Crippen molar-refractivity contribution in [1.29, 1.82) is 0 Å². The monoisotopic (exact) mass is 401 g/mol. The number of ketones is 1. The van der Waals surface area contributed by atoms with Crippen molar-refractivity contribution in [2.75, 3.05) is 39.3 Å². The first kappa shape index (κ1) is 20.8. The van der Waals surface area contributed by atoms with Crippen LogP contribution in [0.1, 0.15) is 44.9 Å². The number of hydrogen-bond donors (Lipinski definition) is 3. The maximum Gasteiger partial charge on any atom is 0.306 e. The van der Waals surface area contributed by atoms with E-state index in [0.717, 1.165) is 51.9 Å². The van der Waals surface area contributed by atoms with Gasteiger partial charge in [0.05, 0.1) is 5.92 Å². The van der Waals surface area contributed by atoms with Crippen LogP contribution in [0, 0.1) is 17.3 Å². The van der Waals surface area contributed by atoms with E-state index >= 15 is 0 Å². The van der Waals surface area contributed by atoms with E-state index in [1.807, 2.05) is 12.2 Å². The summed E-state index contributed by atoms with van der Waals surface area (Å²) in [4.78, 5) is 28.3. The highest BCUT2D eigenvalue weighted by atomic mass is 16.4. The van der Waals surface area contributed by atoms with Crippen molar-refractivity contribution in [2.24, 2.45) is 17.3 Å². The van der Waals surface area contributed by atoms with E-state index in [1.54, 1.807) is 0 Å². The Kier molecular flexibility index (Phi) is 6.23. The second-order valence-corrected chi connectivity index (χ2v) is 9.27. The van der Waals surface area contributed by atoms with Crippen molar-refractivity contribution < 1.29 is 14.7 Å². The summed E-state index contributed by atoms with van der Waals surface area (Å²) < 4.78 is 0. The van der Waals surface area contributed by atoms with Crippen molar-refractivity contribution in [2.45, 2.75) is 50.5 Å². The number of nitrogens with one attached hydrogen (secondary N) is 2. The summed E-state index contributed by atoms with van der Waals surface area (Å²) in [5, 5.41) is 16.3. The summed E-state index contributed by atoms with van der Waals surface area (Å²) in [5.41, 5.74) is -0.882. The van der Waals surface area contributed by atoms with Crippen LogP contribution >= 0.6 is 0 Å². The third-order valence-electron chi connectivity index (χ3n) is 7.92. The summed E-state index contributed by atoms with van der Waals surface area (Å²) >= 11 is 0. The van der Waals surface area contributed by atoms with E-state index in [1.165, 1.54) is 0 Å². The van der Waals surface area contributed by atoms with Crippen molar-refractivity contribution in [3.8, 4) is 0 Å². The number of carboxylic acid groups (broad SMARTS) is 1. The molecule has 0 aromatic heterocycles. The first-order valence-electron chi connectivity index (χ1n) is 11.4. The molecule has 3 N–H and O–H groups in total. The molecular formula is C23H35N3O3. The van der Waals surface area contributed by atoms with E-state index in [0.29, 0.717) is 44.1 Å². The number of nitrogens with zero attached hydrogens (tertiary/aromatic N) is 1. The lowest BCUT2D eigenvalue weighted by molar-refractivity contribution is -0.148. The highest BCUT2D eigenvalue weighted by Crippen LogP contribution is 2.48. The van der Waals surface area contributed by atoms with Crippen LogP contribution in [-0.4, -0.2) is 66.6 Å². The molecule has 3 heterocycles. The molecule has 0 spiro atoms. The Labute approximate surface area is 173 Å². The van der Waals surface area contributed by atoms with E-state index in [-0.39, 0.29) is 11.3 Å². The van der Waals surface area contributed by atoms with Crippen LogP contribution in [-0.2, 0) is 9.59 Å². The van der Waals surface area contributed by atoms with E-state index in [4.69, 9.17) is 0 Å². The van der Waals surface area contributed by atoms with Gasteiger partial charge in [0.1, 0.15) is 5.54 Å². The zero-order valence-corrected chi connectivity index (χ0v) is 17.4. The fraction of sp³-hybridized carbons (Fsp3) is 0.739. The van der Waals surface area contributed by atoms with Crippen LogP contribution in [0.5, 0.6) is 0 Å². The van der Waals surface area contributed by atoms with Crippen molar-refractivity contribution in [3.63, 3.8) is 0 Å². The number of rotatable bonds is 5. The molecule has 4 aliphatic rings. The number of hydrogen-bond acceptors (Lipinski definition) is 5. The highest BCUT2D eigenvalue weighted by molar-refractivity contribution is 5.96. The van der Waals surface area contributed by atoms with Crippen LogP contribution in [0.25, 0.3) is 0 Å². The Morgan fingerprint density at radius 1 is 0.931 bits per heavy atom. The fourth-order valence-corrected chi connectivity index (χ4v) is 6.18. The second-order valence-electron chi connectivity index (χ2n) is 9.27. The van der Waals surface area contributed by atoms with Gasteiger partial charge in [-0.15, -0.1) is 0 Å². The molecule has 1 atom stereocenters. The smallest absolute Gasteiger partial charge is 0.306 e. The van der Waals surface area contributed by atoms with Gasteiger partial charge in [-0.05, 0) is 77.0 Å². The van der Waals surface area contributed by atoms with Gasteiger partial charge in [-0.1, -0.05) is 24.3 Å². The van der Waals surface area contributed by atoms with Gasteiger partial charge < -0.3 is 15.7 Å². The summed E-state index contributed by atoms with van der Waals surface area (Å²) in [6.07, 6.45) is 14.3. The number of aliphatic carboxylic acids is 1. The van der Waals surface area contributed by atoms with Gasteiger partial charge in [0.2, 0.25) is 0 Å². The molecule has 0 radical (unpaired) electrons. The van der Waals surface area contributed by atoms with Gasteiger partial charge in [-0.3, -0.25) is 14.5 Å². The van der Waals surface area contributed by atoms with E-state index in [2.05, 4.69) is 27.7 Å². The van der Waals surface area contributed by atoms with Crippen LogP contribution in [0.3, 0.4) is 0 Å². The molecule has 6 heteroatoms. The standard InChI is InChI=1S/C23H35N3O3/c27-20(28)18-6-16-26(17-7-18)23(8-2-1-3-9-23)21(29)22(10-14-25-15-11-22)19-4-12-24-13-5-19/h1-3,8,18-19,24-25H,4-7,9-17H2,(H,27,28). The van der Waals surface area contributed by atoms with Crippen LogP contribution in [0.15, 0.2) is 24.3 Å². The molecule has 3 saturated heterocycles. The SMILES string of the molecule is O=C(O)C1CCN(C2(C(=O)C3(C4CCNCC4)CCNCC3)C=CC=CC2)CC1. The van der Waals surface area contributed by atoms with Crippen molar-refractivity contribution in [3.05, 3.63) is 24.3 Å². The first-order chi connectivity index (χ1) is 14.1. The van der Waals surface area contributed by atoms with Crippen molar-refractivity contribution >= 4 is 11.8 Å². The normalized spacial score (nSPS) is 31.6. The van der Waals surface area contributed by atoms with Gasteiger partial charge in [-0.25, -0.2) is 0 Å². The number of carbonyl (C=O) groups is 2. The number of likely N-dealkylation sites (tertiary alicyclic amines) is 1. The Morgan fingerprint density at radius 3 is 2.17 bits per heavy atom.